The maximum atomic E-state index is 11.1. The van der Waals surface area contributed by atoms with Crippen LogP contribution < -0.4 is 15.8 Å². The molecule has 1 heterocycles. The summed E-state index contributed by atoms with van der Waals surface area (Å²) < 4.78 is 5.01. The predicted octanol–water partition coefficient (Wildman–Crippen LogP) is 2.51. The van der Waals surface area contributed by atoms with Crippen LogP contribution in [0.2, 0.25) is 0 Å². The number of aromatic nitrogens is 1. The topological polar surface area (TPSA) is 103 Å². The zero-order chi connectivity index (χ0) is 15.4. The Bertz CT molecular complexity index is 673. The molecule has 1 aromatic heterocycles. The number of hydrogen-bond donors (Lipinski definition) is 2. The largest absolute Gasteiger partial charge is 0.481 e. The molecule has 0 aliphatic heterocycles. The Morgan fingerprint density at radius 1 is 1.38 bits per heavy atom. The molecule has 0 amide bonds. The van der Waals surface area contributed by atoms with E-state index in [0.29, 0.717) is 12.4 Å². The monoisotopic (exact) mass is 288 g/mol. The van der Waals surface area contributed by atoms with E-state index in [1.54, 1.807) is 0 Å². The first kappa shape index (κ1) is 14.7. The van der Waals surface area contributed by atoms with Crippen LogP contribution in [0.3, 0.4) is 0 Å². The molecule has 0 bridgehead atoms. The van der Waals surface area contributed by atoms with Gasteiger partial charge in [0.05, 0.1) is 12.0 Å². The third-order valence-corrected chi connectivity index (χ3v) is 3.17. The van der Waals surface area contributed by atoms with E-state index in [0.717, 1.165) is 16.8 Å². The molecule has 0 atom stereocenters. The first-order valence-corrected chi connectivity index (χ1v) is 6.31. The first-order chi connectivity index (χ1) is 10.1. The minimum absolute atomic E-state index is 0.117. The Morgan fingerprint density at radius 2 is 2.14 bits per heavy atom. The highest BCUT2D eigenvalue weighted by molar-refractivity contribution is 5.69. The second-order valence-corrected chi connectivity index (χ2v) is 4.40. The SMILES string of the molecule is COc1ccc([N+](=O)[O-])c(Nc2cccc(CN)c2C)n1. The summed E-state index contributed by atoms with van der Waals surface area (Å²) in [6, 6.07) is 8.37. The van der Waals surface area contributed by atoms with Gasteiger partial charge in [-0.3, -0.25) is 10.1 Å². The summed E-state index contributed by atoms with van der Waals surface area (Å²) in [7, 11) is 1.46. The lowest BCUT2D eigenvalue weighted by Crippen LogP contribution is -2.05. The van der Waals surface area contributed by atoms with Crippen LogP contribution in [0.1, 0.15) is 11.1 Å². The van der Waals surface area contributed by atoms with Crippen LogP contribution in [0.15, 0.2) is 30.3 Å². The second-order valence-electron chi connectivity index (χ2n) is 4.40. The molecular formula is C14H16N4O3. The molecular weight excluding hydrogens is 272 g/mol. The van der Waals surface area contributed by atoms with Crippen LogP contribution in [0.25, 0.3) is 0 Å². The van der Waals surface area contributed by atoms with Crippen molar-refractivity contribution in [2.45, 2.75) is 13.5 Å². The summed E-state index contributed by atoms with van der Waals surface area (Å²) in [5.41, 5.74) is 8.16. The predicted molar refractivity (Wildman–Crippen MR) is 79.8 cm³/mol. The number of pyridine rings is 1. The molecule has 0 radical (unpaired) electrons. The van der Waals surface area contributed by atoms with E-state index < -0.39 is 4.92 Å². The van der Waals surface area contributed by atoms with Gasteiger partial charge in [0.1, 0.15) is 0 Å². The maximum Gasteiger partial charge on any atom is 0.311 e. The Balaban J connectivity index is 2.45. The van der Waals surface area contributed by atoms with Crippen LogP contribution in [-0.4, -0.2) is 17.0 Å². The highest BCUT2D eigenvalue weighted by Gasteiger charge is 2.17. The third-order valence-electron chi connectivity index (χ3n) is 3.17. The van der Waals surface area contributed by atoms with Crippen molar-refractivity contribution in [3.8, 4) is 5.88 Å². The van der Waals surface area contributed by atoms with Crippen LogP contribution in [-0.2, 0) is 6.54 Å². The van der Waals surface area contributed by atoms with Crippen molar-refractivity contribution in [1.82, 2.24) is 4.98 Å². The lowest BCUT2D eigenvalue weighted by molar-refractivity contribution is -0.384. The molecule has 0 saturated carbocycles. The van der Waals surface area contributed by atoms with E-state index in [-0.39, 0.29) is 11.5 Å². The van der Waals surface area contributed by atoms with Crippen molar-refractivity contribution in [1.29, 1.82) is 0 Å². The van der Waals surface area contributed by atoms with Gasteiger partial charge in [0.15, 0.2) is 0 Å². The highest BCUT2D eigenvalue weighted by atomic mass is 16.6. The normalized spacial score (nSPS) is 10.2. The average Bonchev–Trinajstić information content (AvgIpc) is 2.49. The number of benzene rings is 1. The van der Waals surface area contributed by atoms with Crippen LogP contribution in [0.4, 0.5) is 17.2 Å². The number of methoxy groups -OCH3 is 1. The number of hydrogen-bond acceptors (Lipinski definition) is 6. The smallest absolute Gasteiger partial charge is 0.311 e. The minimum atomic E-state index is -0.489. The van der Waals surface area contributed by atoms with Crippen molar-refractivity contribution >= 4 is 17.2 Å². The molecule has 0 aliphatic carbocycles. The lowest BCUT2D eigenvalue weighted by atomic mass is 10.1. The van der Waals surface area contributed by atoms with E-state index in [1.807, 2.05) is 25.1 Å². The lowest BCUT2D eigenvalue weighted by Gasteiger charge is -2.12. The van der Waals surface area contributed by atoms with Crippen molar-refractivity contribution < 1.29 is 9.66 Å². The zero-order valence-electron chi connectivity index (χ0n) is 11.8. The molecule has 0 unspecified atom stereocenters. The van der Waals surface area contributed by atoms with E-state index >= 15 is 0 Å². The molecule has 0 saturated heterocycles. The van der Waals surface area contributed by atoms with Crippen molar-refractivity contribution in [2.75, 3.05) is 12.4 Å². The van der Waals surface area contributed by atoms with Gasteiger partial charge in [-0.2, -0.15) is 4.98 Å². The molecule has 3 N–H and O–H groups in total. The molecule has 1 aromatic carbocycles. The molecule has 0 fully saturated rings. The fourth-order valence-electron chi connectivity index (χ4n) is 1.95. The Labute approximate surface area is 121 Å². The number of anilines is 2. The van der Waals surface area contributed by atoms with Crippen LogP contribution in [0.5, 0.6) is 5.88 Å². The number of nitrogens with two attached hydrogens (primary N) is 1. The number of ether oxygens (including phenoxy) is 1. The van der Waals surface area contributed by atoms with Gasteiger partial charge < -0.3 is 15.8 Å². The van der Waals surface area contributed by atoms with Crippen LogP contribution in [0, 0.1) is 17.0 Å². The molecule has 2 aromatic rings. The van der Waals surface area contributed by atoms with Crippen molar-refractivity contribution in [3.05, 3.63) is 51.6 Å². The van der Waals surface area contributed by atoms with E-state index in [2.05, 4.69) is 10.3 Å². The molecule has 7 heteroatoms. The van der Waals surface area contributed by atoms with E-state index in [1.165, 1.54) is 19.2 Å². The Morgan fingerprint density at radius 3 is 2.76 bits per heavy atom. The van der Waals surface area contributed by atoms with Gasteiger partial charge in [0.2, 0.25) is 11.7 Å². The summed E-state index contributed by atoms with van der Waals surface area (Å²) in [4.78, 5) is 14.7. The molecule has 7 nitrogen and oxygen atoms in total. The summed E-state index contributed by atoms with van der Waals surface area (Å²) in [5.74, 6) is 0.437. The molecule has 2 rings (SSSR count). The van der Waals surface area contributed by atoms with Crippen molar-refractivity contribution in [2.24, 2.45) is 5.73 Å². The number of rotatable bonds is 5. The summed E-state index contributed by atoms with van der Waals surface area (Å²) in [6.45, 7) is 2.30. The van der Waals surface area contributed by atoms with Gasteiger partial charge in [-0.15, -0.1) is 0 Å². The molecule has 0 aliphatic rings. The van der Waals surface area contributed by atoms with Gasteiger partial charge in [-0.05, 0) is 24.1 Å². The number of nitro groups is 1. The maximum absolute atomic E-state index is 11.1. The number of nitrogens with zero attached hydrogens (tertiary/aromatic N) is 2. The molecule has 0 spiro atoms. The van der Waals surface area contributed by atoms with Gasteiger partial charge >= 0.3 is 5.69 Å². The second kappa shape index (κ2) is 6.19. The molecule has 110 valence electrons. The summed E-state index contributed by atoms with van der Waals surface area (Å²) in [5, 5.41) is 14.1. The standard InChI is InChI=1S/C14H16N4O3/c1-9-10(8-15)4-3-5-11(9)16-14-12(18(19)20)6-7-13(17-14)21-2/h3-7H,8,15H2,1-2H3,(H,16,17). The van der Waals surface area contributed by atoms with E-state index in [9.17, 15) is 10.1 Å². The zero-order valence-corrected chi connectivity index (χ0v) is 11.8. The summed E-state index contributed by atoms with van der Waals surface area (Å²) in [6.07, 6.45) is 0. The van der Waals surface area contributed by atoms with Crippen molar-refractivity contribution in [3.63, 3.8) is 0 Å². The third kappa shape index (κ3) is 3.09. The fourth-order valence-corrected chi connectivity index (χ4v) is 1.95. The summed E-state index contributed by atoms with van der Waals surface area (Å²) >= 11 is 0. The number of nitrogens with one attached hydrogen (secondary N) is 1. The van der Waals surface area contributed by atoms with Gasteiger partial charge in [0, 0.05) is 24.4 Å². The minimum Gasteiger partial charge on any atom is -0.481 e. The van der Waals surface area contributed by atoms with E-state index in [4.69, 9.17) is 10.5 Å². The van der Waals surface area contributed by atoms with Crippen LogP contribution >= 0.6 is 0 Å². The first-order valence-electron chi connectivity index (χ1n) is 6.31. The Hall–Kier alpha value is -2.67. The quantitative estimate of drug-likeness (QED) is 0.647. The highest BCUT2D eigenvalue weighted by Crippen LogP contribution is 2.30. The van der Waals surface area contributed by atoms with Gasteiger partial charge in [0.25, 0.3) is 0 Å². The molecule has 21 heavy (non-hydrogen) atoms. The fraction of sp³-hybridized carbons (Fsp3) is 0.214. The Kier molecular flexibility index (Phi) is 4.34. The van der Waals surface area contributed by atoms with Gasteiger partial charge in [-0.25, -0.2) is 0 Å². The van der Waals surface area contributed by atoms with Gasteiger partial charge in [-0.1, -0.05) is 12.1 Å². The average molecular weight is 288 g/mol.